The summed E-state index contributed by atoms with van der Waals surface area (Å²) in [5, 5.41) is 31.1. The predicted octanol–water partition coefficient (Wildman–Crippen LogP) is 9.67. The van der Waals surface area contributed by atoms with Crippen molar-refractivity contribution >= 4 is 5.78 Å². The molecule has 246 valence electrons. The second-order valence-corrected chi connectivity index (χ2v) is 13.0. The molecule has 0 saturated carbocycles. The minimum absolute atomic E-state index is 0.102. The van der Waals surface area contributed by atoms with Gasteiger partial charge in [-0.25, -0.2) is 0 Å². The standard InChI is InChI=1S/C36H73NO4/c1-3-5-7-9-11-13-15-17-18-20-22-24-26-28-30-32-34(39)36(40,41)35(37)33(38)31-29-27-25-23-21-19-16-14-12-10-8-6-4-2/h33,35,38,40-41H,3-32,37H2,1-2H3/t33-,35-/m1/s1. The zero-order valence-electron chi connectivity index (χ0n) is 27.7. The van der Waals surface area contributed by atoms with Gasteiger partial charge in [-0.1, -0.05) is 187 Å². The second kappa shape index (κ2) is 29.6. The van der Waals surface area contributed by atoms with E-state index in [9.17, 15) is 20.1 Å². The van der Waals surface area contributed by atoms with E-state index in [0.717, 1.165) is 32.1 Å². The van der Waals surface area contributed by atoms with Crippen LogP contribution in [0.5, 0.6) is 0 Å². The topological polar surface area (TPSA) is 104 Å². The molecule has 0 aliphatic heterocycles. The van der Waals surface area contributed by atoms with Crippen LogP contribution in [-0.4, -0.2) is 39.0 Å². The molecule has 2 atom stereocenters. The summed E-state index contributed by atoms with van der Waals surface area (Å²) in [6.45, 7) is 4.52. The molecule has 0 aromatic heterocycles. The number of rotatable bonds is 33. The van der Waals surface area contributed by atoms with Crippen molar-refractivity contribution in [2.24, 2.45) is 5.73 Å². The fourth-order valence-corrected chi connectivity index (χ4v) is 5.85. The minimum atomic E-state index is -2.65. The van der Waals surface area contributed by atoms with E-state index in [1.54, 1.807) is 0 Å². The highest BCUT2D eigenvalue weighted by Crippen LogP contribution is 2.20. The number of ketones is 1. The molecule has 0 aliphatic carbocycles. The zero-order valence-corrected chi connectivity index (χ0v) is 27.7. The summed E-state index contributed by atoms with van der Waals surface area (Å²) < 4.78 is 0. The van der Waals surface area contributed by atoms with Crippen molar-refractivity contribution in [2.45, 2.75) is 224 Å². The maximum absolute atomic E-state index is 12.4. The van der Waals surface area contributed by atoms with Crippen LogP contribution < -0.4 is 5.73 Å². The second-order valence-electron chi connectivity index (χ2n) is 13.0. The molecule has 0 heterocycles. The first kappa shape index (κ1) is 40.5. The Morgan fingerprint density at radius 1 is 0.512 bits per heavy atom. The number of Topliss-reactive ketones (excluding diaryl/α,β-unsaturated/α-hetero) is 1. The summed E-state index contributed by atoms with van der Waals surface area (Å²) in [6.07, 6.45) is 34.3. The van der Waals surface area contributed by atoms with Gasteiger partial charge in [-0.05, 0) is 12.8 Å². The molecule has 0 aromatic carbocycles. The van der Waals surface area contributed by atoms with E-state index in [-0.39, 0.29) is 6.42 Å². The van der Waals surface area contributed by atoms with Gasteiger partial charge in [-0.2, -0.15) is 0 Å². The average Bonchev–Trinajstić information content (AvgIpc) is 2.96. The number of unbranched alkanes of at least 4 members (excludes halogenated alkanes) is 26. The summed E-state index contributed by atoms with van der Waals surface area (Å²) in [6, 6.07) is -1.36. The number of aliphatic hydroxyl groups is 3. The van der Waals surface area contributed by atoms with Crippen LogP contribution >= 0.6 is 0 Å². The third-order valence-corrected chi connectivity index (χ3v) is 8.90. The van der Waals surface area contributed by atoms with Gasteiger partial charge in [-0.3, -0.25) is 4.79 Å². The maximum Gasteiger partial charge on any atom is 0.242 e. The molecule has 0 aromatic rings. The lowest BCUT2D eigenvalue weighted by atomic mass is 9.92. The van der Waals surface area contributed by atoms with E-state index in [4.69, 9.17) is 5.73 Å². The molecule has 5 N–H and O–H groups in total. The Labute approximate surface area is 255 Å². The van der Waals surface area contributed by atoms with Gasteiger partial charge >= 0.3 is 0 Å². The molecule has 0 unspecified atom stereocenters. The highest BCUT2D eigenvalue weighted by molar-refractivity contribution is 5.86. The molecule has 0 aliphatic rings. The first-order chi connectivity index (χ1) is 19.9. The number of carbonyl (C=O) groups excluding carboxylic acids is 1. The first-order valence-corrected chi connectivity index (χ1v) is 18.3. The van der Waals surface area contributed by atoms with Crippen LogP contribution in [0.3, 0.4) is 0 Å². The molecule has 0 amide bonds. The monoisotopic (exact) mass is 584 g/mol. The minimum Gasteiger partial charge on any atom is -0.391 e. The highest BCUT2D eigenvalue weighted by atomic mass is 16.5. The molecule has 0 bridgehead atoms. The van der Waals surface area contributed by atoms with E-state index in [1.165, 1.54) is 141 Å². The SMILES string of the molecule is CCCCCCCCCCCCCCCCCC(=O)C(O)(O)[C@H](N)[C@H](O)CCCCCCCCCCCCCCC. The lowest BCUT2D eigenvalue weighted by molar-refractivity contribution is -0.200. The molecule has 0 fully saturated rings. The summed E-state index contributed by atoms with van der Waals surface area (Å²) in [5.74, 6) is -3.31. The lowest BCUT2D eigenvalue weighted by Crippen LogP contribution is -2.59. The van der Waals surface area contributed by atoms with Crippen LogP contribution in [0.15, 0.2) is 0 Å². The molecular formula is C36H73NO4. The van der Waals surface area contributed by atoms with Gasteiger partial charge in [0.15, 0.2) is 5.78 Å². The number of hydrogen-bond acceptors (Lipinski definition) is 5. The van der Waals surface area contributed by atoms with Gasteiger partial charge in [-0.15, -0.1) is 0 Å². The van der Waals surface area contributed by atoms with Crippen molar-refractivity contribution in [3.05, 3.63) is 0 Å². The van der Waals surface area contributed by atoms with Crippen molar-refractivity contribution < 1.29 is 20.1 Å². The van der Waals surface area contributed by atoms with Gasteiger partial charge in [0, 0.05) is 6.42 Å². The summed E-state index contributed by atoms with van der Waals surface area (Å²) >= 11 is 0. The molecule has 0 saturated heterocycles. The fraction of sp³-hybridized carbons (Fsp3) is 0.972. The number of carbonyl (C=O) groups is 1. The van der Waals surface area contributed by atoms with E-state index < -0.39 is 23.7 Å². The first-order valence-electron chi connectivity index (χ1n) is 18.3. The Hall–Kier alpha value is -0.490. The molecule has 5 nitrogen and oxygen atoms in total. The van der Waals surface area contributed by atoms with Crippen LogP contribution in [0.2, 0.25) is 0 Å². The lowest BCUT2D eigenvalue weighted by Gasteiger charge is -2.30. The molecule has 0 rings (SSSR count). The summed E-state index contributed by atoms with van der Waals surface area (Å²) in [4.78, 5) is 12.4. The van der Waals surface area contributed by atoms with E-state index in [1.807, 2.05) is 0 Å². The smallest absolute Gasteiger partial charge is 0.242 e. The van der Waals surface area contributed by atoms with Gasteiger partial charge in [0.2, 0.25) is 5.79 Å². The molecule has 0 radical (unpaired) electrons. The van der Waals surface area contributed by atoms with Crippen molar-refractivity contribution in [2.75, 3.05) is 0 Å². The van der Waals surface area contributed by atoms with Crippen molar-refractivity contribution in [1.82, 2.24) is 0 Å². The maximum atomic E-state index is 12.4. The summed E-state index contributed by atoms with van der Waals surface area (Å²) in [5.41, 5.74) is 5.93. The molecule has 5 heteroatoms. The average molecular weight is 584 g/mol. The van der Waals surface area contributed by atoms with Crippen LogP contribution in [0.25, 0.3) is 0 Å². The van der Waals surface area contributed by atoms with Crippen LogP contribution in [0.4, 0.5) is 0 Å². The largest absolute Gasteiger partial charge is 0.391 e. The highest BCUT2D eigenvalue weighted by Gasteiger charge is 2.42. The van der Waals surface area contributed by atoms with E-state index >= 15 is 0 Å². The number of hydrogen-bond donors (Lipinski definition) is 4. The fourth-order valence-electron chi connectivity index (χ4n) is 5.85. The predicted molar refractivity (Wildman–Crippen MR) is 176 cm³/mol. The Bertz CT molecular complexity index is 554. The van der Waals surface area contributed by atoms with Gasteiger partial charge in [0.05, 0.1) is 12.1 Å². The van der Waals surface area contributed by atoms with E-state index in [2.05, 4.69) is 13.8 Å². The van der Waals surface area contributed by atoms with Gasteiger partial charge < -0.3 is 21.1 Å². The van der Waals surface area contributed by atoms with Gasteiger partial charge in [0.25, 0.3) is 0 Å². The number of nitrogens with two attached hydrogens (primary N) is 1. The van der Waals surface area contributed by atoms with Crippen LogP contribution in [0, 0.1) is 0 Å². The Morgan fingerprint density at radius 3 is 1.10 bits per heavy atom. The molecular weight excluding hydrogens is 510 g/mol. The Kier molecular flexibility index (Phi) is 29.2. The van der Waals surface area contributed by atoms with Crippen molar-refractivity contribution in [3.63, 3.8) is 0 Å². The Morgan fingerprint density at radius 2 is 0.780 bits per heavy atom. The third-order valence-electron chi connectivity index (χ3n) is 8.90. The van der Waals surface area contributed by atoms with Gasteiger partial charge in [0.1, 0.15) is 0 Å². The van der Waals surface area contributed by atoms with Crippen LogP contribution in [0.1, 0.15) is 206 Å². The third kappa shape index (κ3) is 24.6. The normalized spacial score (nSPS) is 13.5. The van der Waals surface area contributed by atoms with Crippen molar-refractivity contribution in [3.8, 4) is 0 Å². The quantitative estimate of drug-likeness (QED) is 0.0455. The summed E-state index contributed by atoms with van der Waals surface area (Å²) in [7, 11) is 0. The molecule has 41 heavy (non-hydrogen) atoms. The van der Waals surface area contributed by atoms with Crippen LogP contribution in [-0.2, 0) is 4.79 Å². The Balaban J connectivity index is 3.69. The van der Waals surface area contributed by atoms with E-state index in [0.29, 0.717) is 12.8 Å². The molecule has 0 spiro atoms. The van der Waals surface area contributed by atoms with Crippen molar-refractivity contribution in [1.29, 1.82) is 0 Å². The zero-order chi connectivity index (χ0) is 30.4. The number of aliphatic hydroxyl groups excluding tert-OH is 1.